The predicted molar refractivity (Wildman–Crippen MR) is 95.4 cm³/mol. The summed E-state index contributed by atoms with van der Waals surface area (Å²) < 4.78 is 4.82. The SMILES string of the molecule is Cc1nc(NC(=O)COC(=O)c2cc([N+](=O)[O-])ccc2N)c(Cl)cc1Cl. The van der Waals surface area contributed by atoms with Crippen molar-refractivity contribution in [3.05, 3.63) is 55.7 Å². The van der Waals surface area contributed by atoms with Gasteiger partial charge in [-0.3, -0.25) is 14.9 Å². The number of nitrogens with two attached hydrogens (primary N) is 1. The summed E-state index contributed by atoms with van der Waals surface area (Å²) in [6, 6.07) is 4.73. The highest BCUT2D eigenvalue weighted by molar-refractivity contribution is 6.36. The Balaban J connectivity index is 2.04. The van der Waals surface area contributed by atoms with Crippen molar-refractivity contribution in [2.24, 2.45) is 0 Å². The van der Waals surface area contributed by atoms with Crippen LogP contribution in [0.2, 0.25) is 10.0 Å². The van der Waals surface area contributed by atoms with E-state index < -0.39 is 23.4 Å². The monoisotopic (exact) mass is 398 g/mol. The number of carbonyl (C=O) groups excluding carboxylic acids is 2. The lowest BCUT2D eigenvalue weighted by Gasteiger charge is -2.09. The Morgan fingerprint density at radius 1 is 1.31 bits per heavy atom. The van der Waals surface area contributed by atoms with Crippen molar-refractivity contribution in [2.45, 2.75) is 6.92 Å². The Kier molecular flexibility index (Phi) is 5.96. The van der Waals surface area contributed by atoms with E-state index in [1.807, 2.05) is 0 Å². The molecule has 0 aliphatic carbocycles. The molecule has 0 unspecified atom stereocenters. The summed E-state index contributed by atoms with van der Waals surface area (Å²) in [7, 11) is 0. The Morgan fingerprint density at radius 3 is 2.65 bits per heavy atom. The standard InChI is InChI=1S/C15H12Cl2N4O5/c1-7-10(16)5-11(17)14(19-7)20-13(22)6-26-15(23)9-4-8(21(24)25)2-3-12(9)18/h2-5H,6,18H2,1H3,(H,19,20,22). The summed E-state index contributed by atoms with van der Waals surface area (Å²) in [5.74, 6) is -1.63. The van der Waals surface area contributed by atoms with Crippen molar-refractivity contribution in [3.63, 3.8) is 0 Å². The Hall–Kier alpha value is -2.91. The van der Waals surface area contributed by atoms with Gasteiger partial charge in [-0.2, -0.15) is 0 Å². The van der Waals surface area contributed by atoms with E-state index in [2.05, 4.69) is 10.3 Å². The number of rotatable bonds is 5. The molecule has 11 heteroatoms. The second-order valence-electron chi connectivity index (χ2n) is 5.04. The van der Waals surface area contributed by atoms with Gasteiger partial charge in [0.25, 0.3) is 11.6 Å². The predicted octanol–water partition coefficient (Wildman–Crippen LogP) is 2.98. The number of nitro groups is 1. The van der Waals surface area contributed by atoms with Gasteiger partial charge in [0.05, 0.1) is 26.2 Å². The van der Waals surface area contributed by atoms with Gasteiger partial charge in [0, 0.05) is 17.8 Å². The number of anilines is 2. The van der Waals surface area contributed by atoms with Gasteiger partial charge in [0.15, 0.2) is 12.4 Å². The molecule has 2 rings (SSSR count). The average molecular weight is 399 g/mol. The number of hydrogen-bond acceptors (Lipinski definition) is 7. The molecule has 0 spiro atoms. The summed E-state index contributed by atoms with van der Waals surface area (Å²) in [4.78, 5) is 38.0. The number of non-ortho nitro benzene ring substituents is 1. The van der Waals surface area contributed by atoms with Gasteiger partial charge in [-0.1, -0.05) is 23.2 Å². The number of halogens is 2. The molecule has 136 valence electrons. The molecular weight excluding hydrogens is 387 g/mol. The van der Waals surface area contributed by atoms with Crippen molar-refractivity contribution in [2.75, 3.05) is 17.7 Å². The normalized spacial score (nSPS) is 10.3. The van der Waals surface area contributed by atoms with Crippen molar-refractivity contribution in [3.8, 4) is 0 Å². The summed E-state index contributed by atoms with van der Waals surface area (Å²) in [6.45, 7) is 0.958. The molecule has 0 radical (unpaired) electrons. The van der Waals surface area contributed by atoms with Crippen molar-refractivity contribution in [1.29, 1.82) is 0 Å². The van der Waals surface area contributed by atoms with E-state index >= 15 is 0 Å². The van der Waals surface area contributed by atoms with Crippen molar-refractivity contribution < 1.29 is 19.2 Å². The number of pyridine rings is 1. The van der Waals surface area contributed by atoms with Gasteiger partial charge in [0.1, 0.15) is 0 Å². The van der Waals surface area contributed by atoms with Crippen LogP contribution in [0, 0.1) is 17.0 Å². The van der Waals surface area contributed by atoms with E-state index in [-0.39, 0.29) is 27.8 Å². The number of nitrogen functional groups attached to an aromatic ring is 1. The number of hydrogen-bond donors (Lipinski definition) is 2. The fraction of sp³-hybridized carbons (Fsp3) is 0.133. The van der Waals surface area contributed by atoms with Crippen molar-refractivity contribution in [1.82, 2.24) is 4.98 Å². The molecule has 1 aromatic carbocycles. The maximum Gasteiger partial charge on any atom is 0.341 e. The fourth-order valence-corrected chi connectivity index (χ4v) is 2.26. The summed E-state index contributed by atoms with van der Waals surface area (Å²) in [6.07, 6.45) is 0. The number of esters is 1. The van der Waals surface area contributed by atoms with Crippen LogP contribution in [0.4, 0.5) is 17.2 Å². The van der Waals surface area contributed by atoms with Crippen LogP contribution in [-0.4, -0.2) is 28.4 Å². The first-order valence-electron chi connectivity index (χ1n) is 7.02. The average Bonchev–Trinajstić information content (AvgIpc) is 2.57. The largest absolute Gasteiger partial charge is 0.452 e. The van der Waals surface area contributed by atoms with Crippen LogP contribution in [0.25, 0.3) is 0 Å². The third kappa shape index (κ3) is 4.58. The Labute approximate surface area is 157 Å². The number of nitrogens with zero attached hydrogens (tertiary/aromatic N) is 2. The molecule has 2 aromatic rings. The smallest absolute Gasteiger partial charge is 0.341 e. The zero-order valence-corrected chi connectivity index (χ0v) is 14.8. The molecule has 9 nitrogen and oxygen atoms in total. The molecule has 0 atom stereocenters. The topological polar surface area (TPSA) is 137 Å². The van der Waals surface area contributed by atoms with Crippen LogP contribution in [0.5, 0.6) is 0 Å². The number of carbonyl (C=O) groups is 2. The molecule has 0 saturated heterocycles. The van der Waals surface area contributed by atoms with Crippen LogP contribution in [0.15, 0.2) is 24.3 Å². The maximum absolute atomic E-state index is 12.0. The van der Waals surface area contributed by atoms with Gasteiger partial charge < -0.3 is 15.8 Å². The summed E-state index contributed by atoms with van der Waals surface area (Å²) in [5, 5.41) is 13.6. The van der Waals surface area contributed by atoms with Gasteiger partial charge in [-0.15, -0.1) is 0 Å². The molecule has 1 amide bonds. The minimum absolute atomic E-state index is 0.0148. The van der Waals surface area contributed by atoms with Crippen molar-refractivity contribution >= 4 is 52.3 Å². The first-order valence-corrected chi connectivity index (χ1v) is 7.78. The highest BCUT2D eigenvalue weighted by Gasteiger charge is 2.18. The molecule has 1 aromatic heterocycles. The molecule has 0 bridgehead atoms. The van der Waals surface area contributed by atoms with Gasteiger partial charge in [-0.25, -0.2) is 9.78 Å². The van der Waals surface area contributed by atoms with E-state index in [0.29, 0.717) is 10.7 Å². The van der Waals surface area contributed by atoms with Crippen LogP contribution < -0.4 is 11.1 Å². The quantitative estimate of drug-likeness (QED) is 0.341. The zero-order valence-electron chi connectivity index (χ0n) is 13.3. The van der Waals surface area contributed by atoms with E-state index in [1.54, 1.807) is 6.92 Å². The molecule has 3 N–H and O–H groups in total. The minimum atomic E-state index is -0.979. The highest BCUT2D eigenvalue weighted by atomic mass is 35.5. The van der Waals surface area contributed by atoms with E-state index in [1.165, 1.54) is 12.1 Å². The third-order valence-electron chi connectivity index (χ3n) is 3.16. The zero-order chi connectivity index (χ0) is 19.4. The summed E-state index contributed by atoms with van der Waals surface area (Å²) in [5.41, 5.74) is 5.50. The van der Waals surface area contributed by atoms with E-state index in [4.69, 9.17) is 33.7 Å². The number of amides is 1. The number of ether oxygens (including phenoxy) is 1. The fourth-order valence-electron chi connectivity index (χ4n) is 1.86. The van der Waals surface area contributed by atoms with Crippen LogP contribution in [0.1, 0.15) is 16.1 Å². The second kappa shape index (κ2) is 7.98. The van der Waals surface area contributed by atoms with Gasteiger partial charge >= 0.3 is 5.97 Å². The van der Waals surface area contributed by atoms with E-state index in [9.17, 15) is 19.7 Å². The Bertz CT molecular complexity index is 904. The van der Waals surface area contributed by atoms with Gasteiger partial charge in [-0.05, 0) is 19.1 Å². The number of aryl methyl sites for hydroxylation is 1. The van der Waals surface area contributed by atoms with E-state index in [0.717, 1.165) is 12.1 Å². The van der Waals surface area contributed by atoms with Crippen LogP contribution >= 0.6 is 23.2 Å². The number of benzene rings is 1. The molecule has 0 aliphatic heterocycles. The summed E-state index contributed by atoms with van der Waals surface area (Å²) >= 11 is 11.8. The molecule has 26 heavy (non-hydrogen) atoms. The lowest BCUT2D eigenvalue weighted by Crippen LogP contribution is -2.22. The lowest BCUT2D eigenvalue weighted by molar-refractivity contribution is -0.384. The number of aromatic nitrogens is 1. The first kappa shape index (κ1) is 19.4. The second-order valence-corrected chi connectivity index (χ2v) is 5.85. The minimum Gasteiger partial charge on any atom is -0.452 e. The van der Waals surface area contributed by atoms with Crippen LogP contribution in [-0.2, 0) is 9.53 Å². The molecule has 1 heterocycles. The Morgan fingerprint density at radius 2 is 2.00 bits per heavy atom. The molecular formula is C15H12Cl2N4O5. The third-order valence-corrected chi connectivity index (χ3v) is 3.84. The number of nitro benzene ring substituents is 1. The molecule has 0 fully saturated rings. The van der Waals surface area contributed by atoms with Gasteiger partial charge in [0.2, 0.25) is 0 Å². The first-order chi connectivity index (χ1) is 12.2. The highest BCUT2D eigenvalue weighted by Crippen LogP contribution is 2.25. The molecule has 0 aliphatic rings. The molecule has 0 saturated carbocycles. The number of nitrogens with one attached hydrogen (secondary N) is 1. The lowest BCUT2D eigenvalue weighted by atomic mass is 10.1. The van der Waals surface area contributed by atoms with Crippen LogP contribution in [0.3, 0.4) is 0 Å². The maximum atomic E-state index is 12.0.